The molecule has 0 aliphatic heterocycles. The summed E-state index contributed by atoms with van der Waals surface area (Å²) in [6.45, 7) is 0. The fourth-order valence-electron chi connectivity index (χ4n) is 1.35. The zero-order valence-corrected chi connectivity index (χ0v) is 12.0. The van der Waals surface area contributed by atoms with Crippen LogP contribution in [0.4, 0.5) is 0 Å². The zero-order valence-electron chi connectivity index (χ0n) is 6.87. The van der Waals surface area contributed by atoms with Gasteiger partial charge >= 0.3 is 7.12 Å². The van der Waals surface area contributed by atoms with E-state index in [1.165, 1.54) is 0 Å². The van der Waals surface area contributed by atoms with Gasteiger partial charge in [-0.25, -0.2) is 0 Å². The largest absolute Gasteiger partial charge is 0.490 e. The number of fused-ring (bicyclic) bond motifs is 1. The van der Waals surface area contributed by atoms with Gasteiger partial charge in [0.1, 0.15) is 0 Å². The van der Waals surface area contributed by atoms with E-state index in [0.717, 1.165) is 17.2 Å². The van der Waals surface area contributed by atoms with E-state index < -0.39 is 7.12 Å². The smallest absolute Gasteiger partial charge is 0.423 e. The lowest BCUT2D eigenvalue weighted by Gasteiger charge is -2.06. The third-order valence-electron chi connectivity index (χ3n) is 1.94. The molecule has 0 fully saturated rings. The highest BCUT2D eigenvalue weighted by Gasteiger charge is 2.20. The molecule has 0 bridgehead atoms. The van der Waals surface area contributed by atoms with Gasteiger partial charge in [-0.3, -0.25) is 0 Å². The minimum atomic E-state index is -1.39. The van der Waals surface area contributed by atoms with E-state index in [0.29, 0.717) is 5.46 Å². The maximum atomic E-state index is 9.26. The number of halogens is 2. The molecule has 72 valence electrons. The van der Waals surface area contributed by atoms with Gasteiger partial charge in [0.05, 0.1) is 0 Å². The van der Waals surface area contributed by atoms with Crippen LogP contribution in [0.25, 0.3) is 10.1 Å². The molecule has 2 nitrogen and oxygen atoms in total. The fraction of sp³-hybridized carbons (Fsp3) is 0. The molecule has 0 aliphatic carbocycles. The lowest BCUT2D eigenvalue weighted by atomic mass is 9.78. The van der Waals surface area contributed by atoms with Crippen LogP contribution in [0.5, 0.6) is 0 Å². The van der Waals surface area contributed by atoms with Crippen molar-refractivity contribution in [3.8, 4) is 0 Å². The van der Waals surface area contributed by atoms with Crippen LogP contribution in [-0.2, 0) is 0 Å². The van der Waals surface area contributed by atoms with E-state index in [4.69, 9.17) is 0 Å². The van der Waals surface area contributed by atoms with Gasteiger partial charge in [0.25, 0.3) is 0 Å². The number of benzene rings is 1. The summed E-state index contributed by atoms with van der Waals surface area (Å²) in [5.41, 5.74) is 0.613. The van der Waals surface area contributed by atoms with Crippen LogP contribution in [0.3, 0.4) is 0 Å². The Hall–Kier alpha value is 0.625. The molecule has 0 radical (unpaired) electrons. The van der Waals surface area contributed by atoms with Crippen LogP contribution in [0.1, 0.15) is 0 Å². The fourth-order valence-corrected chi connectivity index (χ4v) is 4.63. The van der Waals surface area contributed by atoms with Crippen molar-refractivity contribution in [2.24, 2.45) is 0 Å². The third-order valence-corrected chi connectivity index (χ3v) is 5.00. The van der Waals surface area contributed by atoms with Gasteiger partial charge in [0.2, 0.25) is 0 Å². The van der Waals surface area contributed by atoms with Gasteiger partial charge in [0.15, 0.2) is 0 Å². The topological polar surface area (TPSA) is 40.5 Å². The van der Waals surface area contributed by atoms with Gasteiger partial charge in [-0.15, -0.1) is 11.3 Å². The Bertz CT molecular complexity index is 483. The second-order valence-electron chi connectivity index (χ2n) is 2.79. The minimum Gasteiger partial charge on any atom is -0.423 e. The standard InChI is InChI=1S/C8H5BI2O2S/c10-5-3-6(11)8-4(1-2-14-8)7(5)9(12)13/h1-3,12-13H. The van der Waals surface area contributed by atoms with Crippen LogP contribution in [-0.4, -0.2) is 17.2 Å². The maximum absolute atomic E-state index is 9.26. The van der Waals surface area contributed by atoms with Crippen molar-refractivity contribution in [1.29, 1.82) is 0 Å². The Balaban J connectivity index is 2.86. The van der Waals surface area contributed by atoms with Crippen molar-refractivity contribution < 1.29 is 10.0 Å². The average Bonchev–Trinajstić information content (AvgIpc) is 2.51. The van der Waals surface area contributed by atoms with Crippen molar-refractivity contribution in [2.75, 3.05) is 0 Å². The van der Waals surface area contributed by atoms with E-state index in [1.54, 1.807) is 11.3 Å². The molecule has 6 heteroatoms. The molecule has 1 aromatic carbocycles. The third kappa shape index (κ3) is 1.82. The molecule has 0 saturated carbocycles. The molecular weight excluding hydrogens is 425 g/mol. The number of hydrogen-bond acceptors (Lipinski definition) is 3. The molecule has 0 aliphatic rings. The highest BCUT2D eigenvalue weighted by Crippen LogP contribution is 2.27. The molecule has 1 heterocycles. The molecule has 0 saturated heterocycles. The highest BCUT2D eigenvalue weighted by atomic mass is 127. The summed E-state index contributed by atoms with van der Waals surface area (Å²) in [6.07, 6.45) is 0. The molecule has 2 aromatic rings. The van der Waals surface area contributed by atoms with Gasteiger partial charge in [0, 0.05) is 17.3 Å². The summed E-state index contributed by atoms with van der Waals surface area (Å²) < 4.78 is 3.17. The second kappa shape index (κ2) is 4.24. The molecule has 0 amide bonds. The molecule has 0 unspecified atom stereocenters. The predicted octanol–water partition coefficient (Wildman–Crippen LogP) is 1.79. The normalized spacial score (nSPS) is 10.9. The highest BCUT2D eigenvalue weighted by molar-refractivity contribution is 14.1. The number of rotatable bonds is 1. The summed E-state index contributed by atoms with van der Waals surface area (Å²) in [5.74, 6) is 0. The maximum Gasteiger partial charge on any atom is 0.490 e. The first-order chi connectivity index (χ1) is 6.61. The van der Waals surface area contributed by atoms with E-state index in [1.807, 2.05) is 17.5 Å². The van der Waals surface area contributed by atoms with E-state index >= 15 is 0 Å². The molecule has 2 N–H and O–H groups in total. The Labute approximate surface area is 113 Å². The van der Waals surface area contributed by atoms with Gasteiger partial charge in [-0.1, -0.05) is 0 Å². The second-order valence-corrected chi connectivity index (χ2v) is 6.03. The van der Waals surface area contributed by atoms with Gasteiger partial charge in [-0.2, -0.15) is 0 Å². The van der Waals surface area contributed by atoms with E-state index in [2.05, 4.69) is 45.2 Å². The summed E-state index contributed by atoms with van der Waals surface area (Å²) in [5, 5.41) is 21.4. The van der Waals surface area contributed by atoms with Crippen LogP contribution in [0, 0.1) is 7.14 Å². The van der Waals surface area contributed by atoms with Crippen molar-refractivity contribution in [2.45, 2.75) is 0 Å². The zero-order chi connectivity index (χ0) is 10.3. The molecule has 2 rings (SSSR count). The lowest BCUT2D eigenvalue weighted by Crippen LogP contribution is -2.33. The monoisotopic (exact) mass is 430 g/mol. The summed E-state index contributed by atoms with van der Waals surface area (Å²) in [7, 11) is -1.39. The van der Waals surface area contributed by atoms with Crippen molar-refractivity contribution >= 4 is 79.2 Å². The van der Waals surface area contributed by atoms with Crippen LogP contribution < -0.4 is 5.46 Å². The summed E-state index contributed by atoms with van der Waals surface area (Å²) in [4.78, 5) is 0. The average molecular weight is 430 g/mol. The van der Waals surface area contributed by atoms with Crippen molar-refractivity contribution in [1.82, 2.24) is 0 Å². The Morgan fingerprint density at radius 1 is 1.21 bits per heavy atom. The molecule has 14 heavy (non-hydrogen) atoms. The molecule has 0 atom stereocenters. The first-order valence-electron chi connectivity index (χ1n) is 3.82. The first kappa shape index (κ1) is 11.1. The van der Waals surface area contributed by atoms with Crippen molar-refractivity contribution in [3.05, 3.63) is 24.7 Å². The van der Waals surface area contributed by atoms with Crippen LogP contribution >= 0.6 is 56.5 Å². The van der Waals surface area contributed by atoms with Crippen molar-refractivity contribution in [3.63, 3.8) is 0 Å². The Morgan fingerprint density at radius 3 is 2.57 bits per heavy atom. The van der Waals surface area contributed by atoms with Gasteiger partial charge in [-0.05, 0) is 68.1 Å². The van der Waals surface area contributed by atoms with Crippen LogP contribution in [0.15, 0.2) is 17.5 Å². The minimum absolute atomic E-state index is 0.613. The van der Waals surface area contributed by atoms with E-state index in [-0.39, 0.29) is 0 Å². The number of thiophene rings is 1. The first-order valence-corrected chi connectivity index (χ1v) is 6.86. The Morgan fingerprint density at radius 2 is 1.93 bits per heavy atom. The summed E-state index contributed by atoms with van der Waals surface area (Å²) >= 11 is 6.01. The lowest BCUT2D eigenvalue weighted by molar-refractivity contribution is 0.426. The van der Waals surface area contributed by atoms with Crippen LogP contribution in [0.2, 0.25) is 0 Å². The molecular formula is C8H5BI2O2S. The predicted molar refractivity (Wildman–Crippen MR) is 77.1 cm³/mol. The Kier molecular flexibility index (Phi) is 3.37. The number of hydrogen-bond donors (Lipinski definition) is 2. The summed E-state index contributed by atoms with van der Waals surface area (Å²) in [6, 6.07) is 3.90. The SMILES string of the molecule is OB(O)c1c(I)cc(I)c2sccc12. The molecule has 1 aromatic heterocycles. The molecule has 0 spiro atoms. The van der Waals surface area contributed by atoms with E-state index in [9.17, 15) is 10.0 Å². The quantitative estimate of drug-likeness (QED) is 0.536. The van der Waals surface area contributed by atoms with Gasteiger partial charge < -0.3 is 10.0 Å².